The van der Waals surface area contributed by atoms with Crippen molar-refractivity contribution in [1.82, 2.24) is 15.3 Å². The molecule has 2 heterocycles. The van der Waals surface area contributed by atoms with Crippen LogP contribution in [0.4, 0.5) is 0 Å². The molecule has 138 valence electrons. The van der Waals surface area contributed by atoms with E-state index in [4.69, 9.17) is 0 Å². The Balaban J connectivity index is 1.20. The maximum absolute atomic E-state index is 12.7. The molecule has 0 radical (unpaired) electrons. The van der Waals surface area contributed by atoms with Gasteiger partial charge in [0.2, 0.25) is 0 Å². The van der Waals surface area contributed by atoms with E-state index in [0.717, 1.165) is 40.9 Å². The van der Waals surface area contributed by atoms with Crippen LogP contribution in [-0.4, -0.2) is 21.9 Å². The quantitative estimate of drug-likeness (QED) is 0.815. The first-order valence-corrected chi connectivity index (χ1v) is 11.1. The minimum Gasteiger partial charge on any atom is -0.349 e. The number of aromatic nitrogens is 2. The molecule has 2 aromatic heterocycles. The van der Waals surface area contributed by atoms with E-state index in [1.165, 1.54) is 43.5 Å². The fourth-order valence-corrected chi connectivity index (χ4v) is 5.67. The molecule has 26 heavy (non-hydrogen) atoms. The molecule has 3 aliphatic carbocycles. The van der Waals surface area contributed by atoms with E-state index >= 15 is 0 Å². The highest BCUT2D eigenvalue weighted by Crippen LogP contribution is 2.45. The maximum atomic E-state index is 12.7. The molecule has 0 saturated heterocycles. The third kappa shape index (κ3) is 3.38. The number of fused-ring (bicyclic) bond motifs is 1. The fourth-order valence-electron chi connectivity index (χ4n) is 4.53. The zero-order chi connectivity index (χ0) is 17.7. The predicted molar refractivity (Wildman–Crippen MR) is 104 cm³/mol. The van der Waals surface area contributed by atoms with Crippen LogP contribution in [0.2, 0.25) is 0 Å². The average Bonchev–Trinajstić information content (AvgIpc) is 3.57. The van der Waals surface area contributed by atoms with Gasteiger partial charge in [-0.3, -0.25) is 4.79 Å². The molecule has 3 fully saturated rings. The van der Waals surface area contributed by atoms with Gasteiger partial charge in [0, 0.05) is 18.2 Å². The van der Waals surface area contributed by atoms with Gasteiger partial charge in [-0.15, -0.1) is 11.3 Å². The second-order valence-corrected chi connectivity index (χ2v) is 9.72. The van der Waals surface area contributed by atoms with Crippen molar-refractivity contribution in [2.24, 2.45) is 17.8 Å². The Labute approximate surface area is 158 Å². The topological polar surface area (TPSA) is 54.9 Å². The number of nitrogens with zero attached hydrogens (tertiary/aromatic N) is 2. The average molecular weight is 370 g/mol. The molecule has 0 aliphatic heterocycles. The molecular formula is C21H27N3OS. The molecule has 0 aromatic carbocycles. The Kier molecular flexibility index (Phi) is 4.23. The SMILES string of the molecule is CC(C1CC1)[C@H]1CC[C@H](NC(=O)c2cnc3nc(C4CC4)sc3c2)CC1. The van der Waals surface area contributed by atoms with Crippen molar-refractivity contribution in [1.29, 1.82) is 0 Å². The molecule has 1 atom stereocenters. The fraction of sp³-hybridized carbons (Fsp3) is 0.667. The van der Waals surface area contributed by atoms with E-state index in [-0.39, 0.29) is 5.91 Å². The van der Waals surface area contributed by atoms with Gasteiger partial charge in [-0.05, 0) is 75.2 Å². The van der Waals surface area contributed by atoms with Crippen molar-refractivity contribution in [2.75, 3.05) is 0 Å². The summed E-state index contributed by atoms with van der Waals surface area (Å²) in [5.74, 6) is 3.40. The van der Waals surface area contributed by atoms with Gasteiger partial charge in [-0.1, -0.05) is 6.92 Å². The lowest BCUT2D eigenvalue weighted by atomic mass is 9.77. The van der Waals surface area contributed by atoms with E-state index < -0.39 is 0 Å². The summed E-state index contributed by atoms with van der Waals surface area (Å²) >= 11 is 1.70. The lowest BCUT2D eigenvalue weighted by Crippen LogP contribution is -2.38. The summed E-state index contributed by atoms with van der Waals surface area (Å²) in [6.45, 7) is 2.44. The number of rotatable bonds is 5. The molecule has 5 heteroatoms. The van der Waals surface area contributed by atoms with Crippen LogP contribution in [0.3, 0.4) is 0 Å². The Morgan fingerprint density at radius 2 is 1.81 bits per heavy atom. The second-order valence-electron chi connectivity index (χ2n) is 8.65. The van der Waals surface area contributed by atoms with Crippen molar-refractivity contribution in [3.63, 3.8) is 0 Å². The highest BCUT2D eigenvalue weighted by atomic mass is 32.1. The largest absolute Gasteiger partial charge is 0.349 e. The summed E-state index contributed by atoms with van der Waals surface area (Å²) in [4.78, 5) is 21.7. The molecule has 0 bridgehead atoms. The number of pyridine rings is 1. The first kappa shape index (κ1) is 16.7. The van der Waals surface area contributed by atoms with Gasteiger partial charge in [0.15, 0.2) is 5.65 Å². The highest BCUT2D eigenvalue weighted by Gasteiger charge is 2.35. The number of carbonyl (C=O) groups excluding carboxylic acids is 1. The normalized spacial score (nSPS) is 27.4. The number of thiazole rings is 1. The van der Waals surface area contributed by atoms with Crippen molar-refractivity contribution in [3.8, 4) is 0 Å². The highest BCUT2D eigenvalue weighted by molar-refractivity contribution is 7.18. The van der Waals surface area contributed by atoms with Crippen LogP contribution in [0, 0.1) is 17.8 Å². The van der Waals surface area contributed by atoms with Crippen LogP contribution < -0.4 is 5.32 Å². The minimum absolute atomic E-state index is 0.0273. The van der Waals surface area contributed by atoms with Crippen molar-refractivity contribution in [3.05, 3.63) is 22.8 Å². The Morgan fingerprint density at radius 1 is 1.12 bits per heavy atom. The number of nitrogens with one attached hydrogen (secondary N) is 1. The van der Waals surface area contributed by atoms with Gasteiger partial charge in [0.25, 0.3) is 5.91 Å². The first-order valence-electron chi connectivity index (χ1n) is 10.2. The van der Waals surface area contributed by atoms with E-state index in [9.17, 15) is 4.79 Å². The van der Waals surface area contributed by atoms with E-state index in [0.29, 0.717) is 17.5 Å². The van der Waals surface area contributed by atoms with Crippen LogP contribution in [0.5, 0.6) is 0 Å². The lowest BCUT2D eigenvalue weighted by molar-refractivity contribution is 0.0914. The van der Waals surface area contributed by atoms with E-state index in [1.54, 1.807) is 17.5 Å². The molecule has 1 amide bonds. The molecule has 5 rings (SSSR count). The Morgan fingerprint density at radius 3 is 2.46 bits per heavy atom. The van der Waals surface area contributed by atoms with Crippen LogP contribution in [0.15, 0.2) is 12.3 Å². The summed E-state index contributed by atoms with van der Waals surface area (Å²) in [6, 6.07) is 2.30. The minimum atomic E-state index is 0.0273. The number of amides is 1. The molecule has 3 aliphatic rings. The van der Waals surface area contributed by atoms with Crippen molar-refractivity contribution in [2.45, 2.75) is 70.3 Å². The molecule has 0 spiro atoms. The van der Waals surface area contributed by atoms with Gasteiger partial charge in [-0.25, -0.2) is 9.97 Å². The lowest BCUT2D eigenvalue weighted by Gasteiger charge is -2.32. The molecule has 1 unspecified atom stereocenters. The summed E-state index contributed by atoms with van der Waals surface area (Å²) < 4.78 is 1.04. The second kappa shape index (κ2) is 6.59. The van der Waals surface area contributed by atoms with Crippen LogP contribution in [0.1, 0.15) is 79.6 Å². The van der Waals surface area contributed by atoms with E-state index in [2.05, 4.69) is 22.2 Å². The van der Waals surface area contributed by atoms with Gasteiger partial charge in [0.05, 0.1) is 15.3 Å². The molecule has 1 N–H and O–H groups in total. The van der Waals surface area contributed by atoms with E-state index in [1.807, 2.05) is 6.07 Å². The van der Waals surface area contributed by atoms with Crippen LogP contribution in [-0.2, 0) is 0 Å². The van der Waals surface area contributed by atoms with Crippen molar-refractivity contribution >= 4 is 27.6 Å². The van der Waals surface area contributed by atoms with Gasteiger partial charge in [-0.2, -0.15) is 0 Å². The Hall–Kier alpha value is -1.49. The van der Waals surface area contributed by atoms with Gasteiger partial charge >= 0.3 is 0 Å². The molecule has 3 saturated carbocycles. The maximum Gasteiger partial charge on any atom is 0.253 e. The summed E-state index contributed by atoms with van der Waals surface area (Å²) in [7, 11) is 0. The standard InChI is InChI=1S/C21H27N3OS/c1-12(13-2-3-13)14-6-8-17(9-7-14)23-20(25)16-10-18-19(22-11-16)24-21(26-18)15-4-5-15/h10-15,17H,2-9H2,1H3,(H,23,25)/t12?,14-,17-. The third-order valence-corrected chi connectivity index (χ3v) is 7.82. The predicted octanol–water partition coefficient (Wildman–Crippen LogP) is 4.90. The van der Waals surface area contributed by atoms with Gasteiger partial charge < -0.3 is 5.32 Å². The smallest absolute Gasteiger partial charge is 0.253 e. The Bertz CT molecular complexity index is 816. The zero-order valence-electron chi connectivity index (χ0n) is 15.4. The summed E-state index contributed by atoms with van der Waals surface area (Å²) in [5, 5.41) is 4.44. The summed E-state index contributed by atoms with van der Waals surface area (Å²) in [5.41, 5.74) is 1.47. The zero-order valence-corrected chi connectivity index (χ0v) is 16.2. The number of hydrogen-bond donors (Lipinski definition) is 1. The molecule has 4 nitrogen and oxygen atoms in total. The number of hydrogen-bond acceptors (Lipinski definition) is 4. The van der Waals surface area contributed by atoms with Crippen LogP contribution >= 0.6 is 11.3 Å². The van der Waals surface area contributed by atoms with Crippen LogP contribution in [0.25, 0.3) is 10.3 Å². The first-order chi connectivity index (χ1) is 12.7. The van der Waals surface area contributed by atoms with Gasteiger partial charge in [0.1, 0.15) is 0 Å². The number of carbonyl (C=O) groups is 1. The monoisotopic (exact) mass is 369 g/mol. The third-order valence-electron chi connectivity index (χ3n) is 6.67. The molecular weight excluding hydrogens is 342 g/mol. The molecule has 2 aromatic rings. The summed E-state index contributed by atoms with van der Waals surface area (Å²) in [6.07, 6.45) is 11.8. The van der Waals surface area contributed by atoms with Crippen molar-refractivity contribution < 1.29 is 4.79 Å².